The van der Waals surface area contributed by atoms with Gasteiger partial charge in [-0.25, -0.2) is 8.42 Å². The van der Waals surface area contributed by atoms with E-state index in [4.69, 9.17) is 0 Å². The molecule has 0 bridgehead atoms. The lowest BCUT2D eigenvalue weighted by Gasteiger charge is -2.26. The zero-order valence-corrected chi connectivity index (χ0v) is 13.2. The van der Waals surface area contributed by atoms with Gasteiger partial charge in [-0.3, -0.25) is 9.44 Å². The average molecular weight is 334 g/mol. The molecule has 2 rings (SSSR count). The molecule has 8 nitrogen and oxygen atoms in total. The van der Waals surface area contributed by atoms with Gasteiger partial charge in [0, 0.05) is 26.2 Å². The fourth-order valence-corrected chi connectivity index (χ4v) is 3.73. The lowest BCUT2D eigenvalue weighted by molar-refractivity contribution is 0.362. The van der Waals surface area contributed by atoms with Crippen LogP contribution in [0.25, 0.3) is 0 Å². The number of hydrogen-bond acceptors (Lipinski definition) is 5. The molecule has 3 N–H and O–H groups in total. The SMILES string of the molecule is CS(=O)(=O)Nc1cccc(NS(=O)(=O)N2CCNCC2)c1. The van der Waals surface area contributed by atoms with Gasteiger partial charge in [0.2, 0.25) is 10.0 Å². The van der Waals surface area contributed by atoms with E-state index in [0.717, 1.165) is 6.26 Å². The van der Waals surface area contributed by atoms with Crippen molar-refractivity contribution in [2.24, 2.45) is 0 Å². The molecule has 1 aromatic rings. The van der Waals surface area contributed by atoms with Crippen LogP contribution in [-0.2, 0) is 20.2 Å². The van der Waals surface area contributed by atoms with Crippen LogP contribution in [0.4, 0.5) is 11.4 Å². The third-order valence-electron chi connectivity index (χ3n) is 2.83. The monoisotopic (exact) mass is 334 g/mol. The van der Waals surface area contributed by atoms with Crippen LogP contribution in [0.2, 0.25) is 0 Å². The number of anilines is 2. The molecule has 0 spiro atoms. The Morgan fingerprint density at radius 2 is 1.62 bits per heavy atom. The van der Waals surface area contributed by atoms with E-state index in [1.807, 2.05) is 0 Å². The van der Waals surface area contributed by atoms with E-state index in [0.29, 0.717) is 37.6 Å². The van der Waals surface area contributed by atoms with E-state index < -0.39 is 20.2 Å². The zero-order chi connectivity index (χ0) is 15.5. The highest BCUT2D eigenvalue weighted by molar-refractivity contribution is 7.92. The van der Waals surface area contributed by atoms with Crippen molar-refractivity contribution in [3.63, 3.8) is 0 Å². The first-order valence-electron chi connectivity index (χ1n) is 6.33. The molecular formula is C11H18N4O4S2. The molecule has 10 heteroatoms. The first-order valence-corrected chi connectivity index (χ1v) is 9.66. The topological polar surface area (TPSA) is 108 Å². The summed E-state index contributed by atoms with van der Waals surface area (Å²) in [4.78, 5) is 0. The van der Waals surface area contributed by atoms with Crippen LogP contribution in [0.1, 0.15) is 0 Å². The maximum atomic E-state index is 12.2. The number of nitrogens with zero attached hydrogens (tertiary/aromatic N) is 1. The highest BCUT2D eigenvalue weighted by atomic mass is 32.2. The number of nitrogens with one attached hydrogen (secondary N) is 3. The summed E-state index contributed by atoms with van der Waals surface area (Å²) in [7, 11) is -7.03. The third kappa shape index (κ3) is 4.84. The van der Waals surface area contributed by atoms with Gasteiger partial charge in [0.1, 0.15) is 0 Å². The van der Waals surface area contributed by atoms with Crippen molar-refractivity contribution in [3.8, 4) is 0 Å². The molecular weight excluding hydrogens is 316 g/mol. The maximum Gasteiger partial charge on any atom is 0.301 e. The van der Waals surface area contributed by atoms with Gasteiger partial charge in [-0.1, -0.05) is 6.07 Å². The van der Waals surface area contributed by atoms with Crippen LogP contribution in [0.5, 0.6) is 0 Å². The van der Waals surface area contributed by atoms with Gasteiger partial charge in [-0.05, 0) is 18.2 Å². The molecule has 21 heavy (non-hydrogen) atoms. The highest BCUT2D eigenvalue weighted by Gasteiger charge is 2.23. The minimum atomic E-state index is -3.63. The Bertz CT molecular complexity index is 697. The Morgan fingerprint density at radius 1 is 1.05 bits per heavy atom. The summed E-state index contributed by atoms with van der Waals surface area (Å²) < 4.78 is 52.9. The Labute approximate surface area is 124 Å². The van der Waals surface area contributed by atoms with Crippen LogP contribution in [0.15, 0.2) is 24.3 Å². The van der Waals surface area contributed by atoms with Gasteiger partial charge in [0.25, 0.3) is 0 Å². The molecule has 0 unspecified atom stereocenters. The second-order valence-corrected chi connectivity index (χ2v) is 8.13. The van der Waals surface area contributed by atoms with Crippen LogP contribution in [0, 0.1) is 0 Å². The molecule has 1 aromatic carbocycles. The first kappa shape index (κ1) is 16.0. The van der Waals surface area contributed by atoms with Gasteiger partial charge >= 0.3 is 10.2 Å². The van der Waals surface area contributed by atoms with Gasteiger partial charge in [0.05, 0.1) is 17.6 Å². The largest absolute Gasteiger partial charge is 0.314 e. The molecule has 1 aliphatic heterocycles. The number of hydrogen-bond donors (Lipinski definition) is 3. The van der Waals surface area contributed by atoms with Crippen molar-refractivity contribution in [2.45, 2.75) is 0 Å². The number of sulfonamides is 1. The first-order chi connectivity index (χ1) is 9.76. The lowest BCUT2D eigenvalue weighted by Crippen LogP contribution is -2.48. The normalized spacial score (nSPS) is 17.4. The van der Waals surface area contributed by atoms with Crippen LogP contribution >= 0.6 is 0 Å². The van der Waals surface area contributed by atoms with Crippen molar-refractivity contribution < 1.29 is 16.8 Å². The van der Waals surface area contributed by atoms with Gasteiger partial charge in [-0.2, -0.15) is 12.7 Å². The molecule has 0 amide bonds. The molecule has 118 valence electrons. The average Bonchev–Trinajstić information content (AvgIpc) is 2.37. The molecule has 1 aliphatic rings. The summed E-state index contributed by atoms with van der Waals surface area (Å²) in [6.45, 7) is 2.01. The van der Waals surface area contributed by atoms with Gasteiger partial charge in [-0.15, -0.1) is 0 Å². The quantitative estimate of drug-likeness (QED) is 0.680. The Hall–Kier alpha value is -1.36. The van der Waals surface area contributed by atoms with Crippen molar-refractivity contribution in [1.29, 1.82) is 0 Å². The number of piperazine rings is 1. The predicted octanol–water partition coefficient (Wildman–Crippen LogP) is -0.380. The van der Waals surface area contributed by atoms with E-state index in [-0.39, 0.29) is 0 Å². The molecule has 1 heterocycles. The summed E-state index contributed by atoms with van der Waals surface area (Å²) in [5, 5.41) is 3.07. The second-order valence-electron chi connectivity index (χ2n) is 4.71. The van der Waals surface area contributed by atoms with Gasteiger partial charge < -0.3 is 5.32 Å². The summed E-state index contributed by atoms with van der Waals surface area (Å²) >= 11 is 0. The standard InChI is InChI=1S/C11H18N4O4S2/c1-20(16,17)13-10-3-2-4-11(9-10)14-21(18,19)15-7-5-12-6-8-15/h2-4,9,12-14H,5-8H2,1H3. The smallest absolute Gasteiger partial charge is 0.301 e. The lowest BCUT2D eigenvalue weighted by atomic mass is 10.3. The zero-order valence-electron chi connectivity index (χ0n) is 11.5. The van der Waals surface area contributed by atoms with Crippen molar-refractivity contribution in [1.82, 2.24) is 9.62 Å². The molecule has 1 saturated heterocycles. The summed E-state index contributed by atoms with van der Waals surface area (Å²) in [5.41, 5.74) is 0.611. The van der Waals surface area contributed by atoms with E-state index in [1.165, 1.54) is 10.4 Å². The second kappa shape index (κ2) is 6.18. The van der Waals surface area contributed by atoms with E-state index in [9.17, 15) is 16.8 Å². The maximum absolute atomic E-state index is 12.2. The predicted molar refractivity (Wildman–Crippen MR) is 81.9 cm³/mol. The molecule has 0 saturated carbocycles. The van der Waals surface area contributed by atoms with Crippen molar-refractivity contribution in [2.75, 3.05) is 41.9 Å². The molecule has 1 fully saturated rings. The van der Waals surface area contributed by atoms with Crippen LogP contribution in [-0.4, -0.2) is 53.6 Å². The number of benzene rings is 1. The van der Waals surface area contributed by atoms with Gasteiger partial charge in [0.15, 0.2) is 0 Å². The summed E-state index contributed by atoms with van der Waals surface area (Å²) in [6, 6.07) is 6.11. The fraction of sp³-hybridized carbons (Fsp3) is 0.455. The minimum Gasteiger partial charge on any atom is -0.314 e. The summed E-state index contributed by atoms with van der Waals surface area (Å²) in [6.07, 6.45) is 1.03. The van der Waals surface area contributed by atoms with E-state index >= 15 is 0 Å². The van der Waals surface area contributed by atoms with Crippen molar-refractivity contribution in [3.05, 3.63) is 24.3 Å². The van der Waals surface area contributed by atoms with E-state index in [1.54, 1.807) is 18.2 Å². The van der Waals surface area contributed by atoms with Crippen LogP contribution < -0.4 is 14.8 Å². The third-order valence-corrected chi connectivity index (χ3v) is 4.97. The molecule has 0 radical (unpaired) electrons. The Balaban J connectivity index is 2.13. The fourth-order valence-electron chi connectivity index (χ4n) is 1.96. The van der Waals surface area contributed by atoms with Crippen molar-refractivity contribution >= 4 is 31.6 Å². The molecule has 0 aromatic heterocycles. The molecule has 0 atom stereocenters. The van der Waals surface area contributed by atoms with E-state index in [2.05, 4.69) is 14.8 Å². The highest BCUT2D eigenvalue weighted by Crippen LogP contribution is 2.18. The Kier molecular flexibility index (Phi) is 4.71. The summed E-state index contributed by atoms with van der Waals surface area (Å²) in [5.74, 6) is 0. The Morgan fingerprint density at radius 3 is 2.19 bits per heavy atom. The molecule has 0 aliphatic carbocycles. The minimum absolute atomic E-state index is 0.304. The van der Waals surface area contributed by atoms with Crippen LogP contribution in [0.3, 0.4) is 0 Å². The number of rotatable bonds is 5.